The first-order chi connectivity index (χ1) is 8.52. The molecule has 1 unspecified atom stereocenters. The molecule has 1 heterocycles. The Hall–Kier alpha value is -2.19. The van der Waals surface area contributed by atoms with Crippen LogP contribution in [0.1, 0.15) is 35.8 Å². The van der Waals surface area contributed by atoms with Gasteiger partial charge in [-0.1, -0.05) is 6.07 Å². The second-order valence-electron chi connectivity index (χ2n) is 4.18. The summed E-state index contributed by atoms with van der Waals surface area (Å²) in [7, 11) is 0. The van der Waals surface area contributed by atoms with Crippen molar-refractivity contribution in [2.75, 3.05) is 0 Å². The molecule has 0 bridgehead atoms. The molecule has 0 aliphatic carbocycles. The van der Waals surface area contributed by atoms with Crippen LogP contribution in [0.25, 0.3) is 5.69 Å². The lowest BCUT2D eigenvalue weighted by atomic mass is 10.1. The van der Waals surface area contributed by atoms with Gasteiger partial charge in [0.1, 0.15) is 11.6 Å². The van der Waals surface area contributed by atoms with Crippen molar-refractivity contribution >= 4 is 0 Å². The lowest BCUT2D eigenvalue weighted by molar-refractivity contribution is 0.199. The highest BCUT2D eigenvalue weighted by Crippen LogP contribution is 2.23. The van der Waals surface area contributed by atoms with Crippen LogP contribution in [0.3, 0.4) is 0 Å². The molecule has 1 N–H and O–H groups in total. The summed E-state index contributed by atoms with van der Waals surface area (Å²) in [5.74, 6) is 1.39. The van der Waals surface area contributed by atoms with Gasteiger partial charge >= 0.3 is 0 Å². The molecule has 0 saturated heterocycles. The molecule has 1 aromatic carbocycles. The van der Waals surface area contributed by atoms with Crippen molar-refractivity contribution in [3.05, 3.63) is 41.0 Å². The average Bonchev–Trinajstić information content (AvgIpc) is 2.67. The van der Waals surface area contributed by atoms with Gasteiger partial charge in [-0.2, -0.15) is 10.4 Å². The standard InChI is InChI=1S/C13H14N4O/c1-8(18)12-5-4-11(7-14)6-13(12)17-10(3)15-9(2)16-17/h4-6,8,18H,1-3H3. The van der Waals surface area contributed by atoms with Crippen molar-refractivity contribution in [2.45, 2.75) is 26.9 Å². The van der Waals surface area contributed by atoms with Crippen LogP contribution < -0.4 is 0 Å². The van der Waals surface area contributed by atoms with Gasteiger partial charge in [-0.25, -0.2) is 9.67 Å². The molecule has 1 atom stereocenters. The summed E-state index contributed by atoms with van der Waals surface area (Å²) in [6, 6.07) is 7.23. The number of rotatable bonds is 2. The van der Waals surface area contributed by atoms with E-state index in [-0.39, 0.29) is 0 Å². The van der Waals surface area contributed by atoms with E-state index in [0.717, 1.165) is 11.4 Å². The van der Waals surface area contributed by atoms with Crippen molar-refractivity contribution in [3.8, 4) is 11.8 Å². The van der Waals surface area contributed by atoms with Gasteiger partial charge in [0.05, 0.1) is 23.4 Å². The first kappa shape index (κ1) is 12.3. The first-order valence-corrected chi connectivity index (χ1v) is 5.65. The van der Waals surface area contributed by atoms with Gasteiger partial charge in [0.15, 0.2) is 0 Å². The van der Waals surface area contributed by atoms with E-state index in [1.54, 1.807) is 36.7 Å². The van der Waals surface area contributed by atoms with Crippen molar-refractivity contribution in [1.82, 2.24) is 14.8 Å². The minimum Gasteiger partial charge on any atom is -0.389 e. The number of nitriles is 1. The molecular formula is C13H14N4O. The summed E-state index contributed by atoms with van der Waals surface area (Å²) in [6.45, 7) is 5.33. The van der Waals surface area contributed by atoms with Crippen LogP contribution in [0.15, 0.2) is 18.2 Å². The Bertz CT molecular complexity index is 622. The molecule has 0 saturated carbocycles. The summed E-state index contributed by atoms with van der Waals surface area (Å²) < 4.78 is 1.65. The number of aryl methyl sites for hydroxylation is 2. The largest absolute Gasteiger partial charge is 0.389 e. The highest BCUT2D eigenvalue weighted by Gasteiger charge is 2.14. The van der Waals surface area contributed by atoms with Crippen molar-refractivity contribution in [1.29, 1.82) is 5.26 Å². The van der Waals surface area contributed by atoms with Crippen LogP contribution in [0.5, 0.6) is 0 Å². The Balaban J connectivity index is 2.68. The second kappa shape index (κ2) is 4.59. The van der Waals surface area contributed by atoms with E-state index in [1.165, 1.54) is 0 Å². The Morgan fingerprint density at radius 2 is 2.11 bits per heavy atom. The Labute approximate surface area is 105 Å². The zero-order valence-electron chi connectivity index (χ0n) is 10.5. The third-order valence-corrected chi connectivity index (χ3v) is 2.71. The third kappa shape index (κ3) is 2.11. The lowest BCUT2D eigenvalue weighted by Gasteiger charge is -2.13. The van der Waals surface area contributed by atoms with Crippen molar-refractivity contribution in [2.24, 2.45) is 0 Å². The fourth-order valence-corrected chi connectivity index (χ4v) is 1.90. The topological polar surface area (TPSA) is 74.7 Å². The maximum Gasteiger partial charge on any atom is 0.148 e. The van der Waals surface area contributed by atoms with Crippen LogP contribution in [-0.2, 0) is 0 Å². The molecule has 2 rings (SSSR count). The van der Waals surface area contributed by atoms with Crippen LogP contribution >= 0.6 is 0 Å². The van der Waals surface area contributed by atoms with E-state index >= 15 is 0 Å². The SMILES string of the molecule is Cc1nc(C)n(-c2cc(C#N)ccc2C(C)O)n1. The van der Waals surface area contributed by atoms with E-state index in [0.29, 0.717) is 17.1 Å². The fourth-order valence-electron chi connectivity index (χ4n) is 1.90. The van der Waals surface area contributed by atoms with Gasteiger partial charge in [0.2, 0.25) is 0 Å². The number of hydrogen-bond acceptors (Lipinski definition) is 4. The maximum absolute atomic E-state index is 9.78. The molecule has 18 heavy (non-hydrogen) atoms. The minimum absolute atomic E-state index is 0.530. The van der Waals surface area contributed by atoms with Gasteiger partial charge < -0.3 is 5.11 Å². The van der Waals surface area contributed by atoms with Gasteiger partial charge in [-0.05, 0) is 32.9 Å². The number of nitrogens with zero attached hydrogens (tertiary/aromatic N) is 4. The molecule has 0 aliphatic heterocycles. The van der Waals surface area contributed by atoms with Crippen LogP contribution in [0.4, 0.5) is 0 Å². The molecule has 0 radical (unpaired) electrons. The number of aliphatic hydroxyl groups excluding tert-OH is 1. The van der Waals surface area contributed by atoms with E-state index in [2.05, 4.69) is 16.2 Å². The van der Waals surface area contributed by atoms with E-state index in [1.807, 2.05) is 6.92 Å². The quantitative estimate of drug-likeness (QED) is 0.871. The molecule has 1 aromatic heterocycles. The van der Waals surface area contributed by atoms with E-state index in [9.17, 15) is 5.11 Å². The lowest BCUT2D eigenvalue weighted by Crippen LogP contribution is -2.06. The minimum atomic E-state index is -0.628. The normalized spacial score (nSPS) is 12.2. The molecule has 0 amide bonds. The van der Waals surface area contributed by atoms with Crippen LogP contribution in [-0.4, -0.2) is 19.9 Å². The summed E-state index contributed by atoms with van der Waals surface area (Å²) in [5.41, 5.74) is 1.95. The Morgan fingerprint density at radius 1 is 1.39 bits per heavy atom. The van der Waals surface area contributed by atoms with Crippen molar-refractivity contribution in [3.63, 3.8) is 0 Å². The smallest absolute Gasteiger partial charge is 0.148 e. The number of aliphatic hydroxyl groups is 1. The highest BCUT2D eigenvalue weighted by molar-refractivity contribution is 5.48. The number of benzene rings is 1. The fraction of sp³-hybridized carbons (Fsp3) is 0.308. The van der Waals surface area contributed by atoms with Crippen molar-refractivity contribution < 1.29 is 5.11 Å². The second-order valence-corrected chi connectivity index (χ2v) is 4.18. The monoisotopic (exact) mass is 242 g/mol. The first-order valence-electron chi connectivity index (χ1n) is 5.65. The summed E-state index contributed by atoms with van der Waals surface area (Å²) in [6.07, 6.45) is -0.628. The Morgan fingerprint density at radius 3 is 2.61 bits per heavy atom. The van der Waals surface area contributed by atoms with E-state index < -0.39 is 6.10 Å². The molecule has 0 aliphatic rings. The molecule has 2 aromatic rings. The van der Waals surface area contributed by atoms with Crippen LogP contribution in [0, 0.1) is 25.2 Å². The molecule has 5 nitrogen and oxygen atoms in total. The zero-order chi connectivity index (χ0) is 13.3. The summed E-state index contributed by atoms with van der Waals surface area (Å²) >= 11 is 0. The van der Waals surface area contributed by atoms with Gasteiger partial charge in [0, 0.05) is 5.56 Å². The van der Waals surface area contributed by atoms with Gasteiger partial charge in [-0.15, -0.1) is 0 Å². The zero-order valence-corrected chi connectivity index (χ0v) is 10.5. The molecular weight excluding hydrogens is 228 g/mol. The molecule has 0 spiro atoms. The van der Waals surface area contributed by atoms with Crippen LogP contribution in [0.2, 0.25) is 0 Å². The number of hydrogen-bond donors (Lipinski definition) is 1. The molecule has 92 valence electrons. The molecule has 5 heteroatoms. The van der Waals surface area contributed by atoms with E-state index in [4.69, 9.17) is 5.26 Å². The predicted molar refractivity (Wildman–Crippen MR) is 66.2 cm³/mol. The highest BCUT2D eigenvalue weighted by atomic mass is 16.3. The maximum atomic E-state index is 9.78. The van der Waals surface area contributed by atoms with Gasteiger partial charge in [0.25, 0.3) is 0 Å². The summed E-state index contributed by atoms with van der Waals surface area (Å²) in [4.78, 5) is 4.23. The number of aromatic nitrogens is 3. The summed E-state index contributed by atoms with van der Waals surface area (Å²) in [5, 5.41) is 23.0. The third-order valence-electron chi connectivity index (χ3n) is 2.71. The Kier molecular flexibility index (Phi) is 3.13. The average molecular weight is 242 g/mol. The molecule has 0 fully saturated rings. The van der Waals surface area contributed by atoms with Gasteiger partial charge in [-0.3, -0.25) is 0 Å². The predicted octanol–water partition coefficient (Wildman–Crippen LogP) is 1.81.